The summed E-state index contributed by atoms with van der Waals surface area (Å²) in [5.41, 5.74) is 1.16. The van der Waals surface area contributed by atoms with E-state index in [-0.39, 0.29) is 16.2 Å². The van der Waals surface area contributed by atoms with Gasteiger partial charge >= 0.3 is 0 Å². The fraction of sp³-hybridized carbons (Fsp3) is 0.381. The van der Waals surface area contributed by atoms with Crippen molar-refractivity contribution >= 4 is 21.6 Å². The van der Waals surface area contributed by atoms with E-state index in [0.717, 1.165) is 18.4 Å². The van der Waals surface area contributed by atoms with Crippen LogP contribution in [0.25, 0.3) is 0 Å². The minimum absolute atomic E-state index is 0.00580. The molecule has 0 unspecified atom stereocenters. The standard InChI is InChI=1S/C21H25ClN2O3S/c1-4-6-10-24(9-5-2)28(25,26)21-13-17(15-23)7-8-20(21)27-19-12-16(3)11-18(22)14-19/h7-8,11-14H,4-6,9-10H2,1-3H3. The van der Waals surface area contributed by atoms with Crippen LogP contribution in [-0.2, 0) is 10.0 Å². The molecule has 2 aromatic carbocycles. The van der Waals surface area contributed by atoms with Crippen LogP contribution in [0.3, 0.4) is 0 Å². The van der Waals surface area contributed by atoms with Crippen molar-refractivity contribution < 1.29 is 13.2 Å². The molecule has 0 amide bonds. The molecule has 2 rings (SSSR count). The molecule has 0 atom stereocenters. The van der Waals surface area contributed by atoms with Crippen LogP contribution in [0, 0.1) is 18.3 Å². The first-order chi connectivity index (χ1) is 13.3. The van der Waals surface area contributed by atoms with Crippen molar-refractivity contribution in [2.75, 3.05) is 13.1 Å². The average molecular weight is 421 g/mol. The van der Waals surface area contributed by atoms with Crippen molar-refractivity contribution in [2.24, 2.45) is 0 Å². The summed E-state index contributed by atoms with van der Waals surface area (Å²) in [6.07, 6.45) is 2.35. The average Bonchev–Trinajstić information content (AvgIpc) is 2.64. The summed E-state index contributed by atoms with van der Waals surface area (Å²) in [4.78, 5) is -0.00580. The molecule has 0 saturated heterocycles. The predicted octanol–water partition coefficient (Wildman–Crippen LogP) is 5.51. The van der Waals surface area contributed by atoms with E-state index < -0.39 is 10.0 Å². The number of aryl methyl sites for hydroxylation is 1. The fourth-order valence-electron chi connectivity index (χ4n) is 2.83. The summed E-state index contributed by atoms with van der Waals surface area (Å²) in [7, 11) is -3.81. The Bertz CT molecular complexity index is 948. The van der Waals surface area contributed by atoms with Gasteiger partial charge in [-0.25, -0.2) is 8.42 Å². The molecule has 2 aromatic rings. The van der Waals surface area contributed by atoms with Crippen LogP contribution in [0.5, 0.6) is 11.5 Å². The molecule has 0 heterocycles. The van der Waals surface area contributed by atoms with Gasteiger partial charge < -0.3 is 4.74 Å². The lowest BCUT2D eigenvalue weighted by Gasteiger charge is -2.23. The summed E-state index contributed by atoms with van der Waals surface area (Å²) < 4.78 is 34.1. The van der Waals surface area contributed by atoms with Crippen LogP contribution >= 0.6 is 11.6 Å². The first-order valence-corrected chi connectivity index (χ1v) is 11.1. The Morgan fingerprint density at radius 1 is 1.11 bits per heavy atom. The topological polar surface area (TPSA) is 70.4 Å². The van der Waals surface area contributed by atoms with Gasteiger partial charge in [0.25, 0.3) is 0 Å². The lowest BCUT2D eigenvalue weighted by atomic mass is 10.2. The monoisotopic (exact) mass is 420 g/mol. The largest absolute Gasteiger partial charge is 0.456 e. The highest BCUT2D eigenvalue weighted by molar-refractivity contribution is 7.89. The van der Waals surface area contributed by atoms with Crippen molar-refractivity contribution in [1.82, 2.24) is 4.31 Å². The minimum Gasteiger partial charge on any atom is -0.456 e. The van der Waals surface area contributed by atoms with Gasteiger partial charge in [-0.05, 0) is 61.7 Å². The van der Waals surface area contributed by atoms with Gasteiger partial charge in [-0.15, -0.1) is 0 Å². The fourth-order valence-corrected chi connectivity index (χ4v) is 4.82. The van der Waals surface area contributed by atoms with E-state index in [4.69, 9.17) is 16.3 Å². The number of benzene rings is 2. The van der Waals surface area contributed by atoms with Gasteiger partial charge in [-0.2, -0.15) is 9.57 Å². The summed E-state index contributed by atoms with van der Waals surface area (Å²) in [6.45, 7) is 6.67. The van der Waals surface area contributed by atoms with Crippen molar-refractivity contribution in [1.29, 1.82) is 5.26 Å². The molecule has 7 heteroatoms. The van der Waals surface area contributed by atoms with Crippen LogP contribution < -0.4 is 4.74 Å². The molecular formula is C21H25ClN2O3S. The molecule has 0 spiro atoms. The van der Waals surface area contributed by atoms with E-state index in [1.54, 1.807) is 24.3 Å². The van der Waals surface area contributed by atoms with Crippen LogP contribution in [0.4, 0.5) is 0 Å². The maximum atomic E-state index is 13.4. The Hall–Kier alpha value is -2.07. The Morgan fingerprint density at radius 3 is 2.46 bits per heavy atom. The molecule has 0 bridgehead atoms. The lowest BCUT2D eigenvalue weighted by Crippen LogP contribution is -2.33. The van der Waals surface area contributed by atoms with E-state index in [1.807, 2.05) is 26.8 Å². The number of sulfonamides is 1. The quantitative estimate of drug-likeness (QED) is 0.536. The third-order valence-corrected chi connectivity index (χ3v) is 6.31. The van der Waals surface area contributed by atoms with Gasteiger partial charge in [-0.3, -0.25) is 0 Å². The van der Waals surface area contributed by atoms with Gasteiger partial charge in [0.15, 0.2) is 0 Å². The number of hydrogen-bond acceptors (Lipinski definition) is 4. The van der Waals surface area contributed by atoms with E-state index in [1.165, 1.54) is 16.4 Å². The van der Waals surface area contributed by atoms with Gasteiger partial charge in [-0.1, -0.05) is 31.9 Å². The highest BCUT2D eigenvalue weighted by Gasteiger charge is 2.28. The Labute approximate surface area is 172 Å². The highest BCUT2D eigenvalue weighted by Crippen LogP contribution is 2.33. The second-order valence-electron chi connectivity index (χ2n) is 6.60. The molecule has 0 aliphatic carbocycles. The van der Waals surface area contributed by atoms with Crippen molar-refractivity contribution in [2.45, 2.75) is 44.9 Å². The summed E-state index contributed by atoms with van der Waals surface area (Å²) >= 11 is 6.09. The van der Waals surface area contributed by atoms with E-state index in [2.05, 4.69) is 0 Å². The molecule has 28 heavy (non-hydrogen) atoms. The zero-order chi connectivity index (χ0) is 20.7. The number of rotatable bonds is 9. The predicted molar refractivity (Wildman–Crippen MR) is 111 cm³/mol. The van der Waals surface area contributed by atoms with Gasteiger partial charge in [0, 0.05) is 18.1 Å². The van der Waals surface area contributed by atoms with Crippen molar-refractivity contribution in [3.05, 3.63) is 52.5 Å². The first kappa shape index (κ1) is 22.2. The third kappa shape index (κ3) is 5.48. The minimum atomic E-state index is -3.81. The SMILES string of the molecule is CCCCN(CCC)S(=O)(=O)c1cc(C#N)ccc1Oc1cc(C)cc(Cl)c1. The summed E-state index contributed by atoms with van der Waals surface area (Å²) in [6, 6.07) is 11.6. The van der Waals surface area contributed by atoms with Crippen LogP contribution in [-0.4, -0.2) is 25.8 Å². The van der Waals surface area contributed by atoms with E-state index >= 15 is 0 Å². The molecule has 0 N–H and O–H groups in total. The van der Waals surface area contributed by atoms with Crippen molar-refractivity contribution in [3.8, 4) is 17.6 Å². The van der Waals surface area contributed by atoms with E-state index in [9.17, 15) is 13.7 Å². The van der Waals surface area contributed by atoms with Crippen LogP contribution in [0.15, 0.2) is 41.3 Å². The number of hydrogen-bond donors (Lipinski definition) is 0. The van der Waals surface area contributed by atoms with Gasteiger partial charge in [0.1, 0.15) is 16.4 Å². The molecular weight excluding hydrogens is 396 g/mol. The molecule has 5 nitrogen and oxygen atoms in total. The number of unbranched alkanes of at least 4 members (excludes halogenated alkanes) is 1. The second-order valence-corrected chi connectivity index (χ2v) is 8.94. The molecule has 0 aliphatic heterocycles. The van der Waals surface area contributed by atoms with E-state index in [0.29, 0.717) is 30.3 Å². The maximum absolute atomic E-state index is 13.4. The summed E-state index contributed by atoms with van der Waals surface area (Å²) in [5.74, 6) is 0.625. The maximum Gasteiger partial charge on any atom is 0.246 e. The molecule has 0 fully saturated rings. The van der Waals surface area contributed by atoms with Crippen molar-refractivity contribution in [3.63, 3.8) is 0 Å². The number of nitrogens with zero attached hydrogens (tertiary/aromatic N) is 2. The first-order valence-electron chi connectivity index (χ1n) is 9.31. The highest BCUT2D eigenvalue weighted by atomic mass is 35.5. The number of ether oxygens (including phenoxy) is 1. The zero-order valence-corrected chi connectivity index (χ0v) is 18.0. The third-order valence-electron chi connectivity index (χ3n) is 4.17. The van der Waals surface area contributed by atoms with Crippen LogP contribution in [0.2, 0.25) is 5.02 Å². The van der Waals surface area contributed by atoms with Gasteiger partial charge in [0.2, 0.25) is 10.0 Å². The zero-order valence-electron chi connectivity index (χ0n) is 16.4. The molecule has 150 valence electrons. The number of nitriles is 1. The molecule has 0 aliphatic rings. The molecule has 0 saturated carbocycles. The normalized spacial score (nSPS) is 11.4. The smallest absolute Gasteiger partial charge is 0.246 e. The lowest BCUT2D eigenvalue weighted by molar-refractivity contribution is 0.397. The van der Waals surface area contributed by atoms with Crippen LogP contribution in [0.1, 0.15) is 44.2 Å². The Balaban J connectivity index is 2.52. The Morgan fingerprint density at radius 2 is 1.86 bits per heavy atom. The summed E-state index contributed by atoms with van der Waals surface area (Å²) in [5, 5.41) is 9.75. The Kier molecular flexibility index (Phi) is 7.88. The van der Waals surface area contributed by atoms with Gasteiger partial charge in [0.05, 0.1) is 11.6 Å². The number of halogens is 1. The molecule has 0 aromatic heterocycles. The molecule has 0 radical (unpaired) electrons. The second kappa shape index (κ2) is 9.92.